The summed E-state index contributed by atoms with van der Waals surface area (Å²) in [6.07, 6.45) is 3.63. The summed E-state index contributed by atoms with van der Waals surface area (Å²) in [5.74, 6) is 0.282. The zero-order valence-electron chi connectivity index (χ0n) is 20.3. The van der Waals surface area contributed by atoms with Crippen molar-refractivity contribution < 1.29 is 29.2 Å². The Labute approximate surface area is 204 Å². The molecule has 0 saturated heterocycles. The second-order valence-corrected chi connectivity index (χ2v) is 9.00. The van der Waals surface area contributed by atoms with Crippen LogP contribution in [0.25, 0.3) is 11.3 Å². The minimum absolute atomic E-state index is 0.00421. The number of furan rings is 1. The molecule has 0 aliphatic heterocycles. The average molecular weight is 486 g/mol. The van der Waals surface area contributed by atoms with Gasteiger partial charge in [-0.2, -0.15) is 0 Å². The number of aliphatic carboxylic acids is 1. The summed E-state index contributed by atoms with van der Waals surface area (Å²) in [5, 5.41) is 8.74. The van der Waals surface area contributed by atoms with Gasteiger partial charge in [-0.15, -0.1) is 0 Å². The van der Waals surface area contributed by atoms with Crippen molar-refractivity contribution in [2.24, 2.45) is 0 Å². The normalized spacial score (nSPS) is 13.4. The summed E-state index contributed by atoms with van der Waals surface area (Å²) in [6, 6.07) is 15.9. The molecule has 0 bridgehead atoms. The first-order valence-electron chi connectivity index (χ1n) is 11.8. The van der Waals surface area contributed by atoms with E-state index in [0.717, 1.165) is 15.4 Å². The number of ether oxygens (including phenoxy) is 1. The SMILES string of the molecule is [2H]C(c1ccccc1OCCCCCC(=O)O)N(c1ccc(-c2ccco2)cc1C(C)C)S(=O)[O-]. The Morgan fingerprint density at radius 3 is 2.65 bits per heavy atom. The molecule has 1 heterocycles. The van der Waals surface area contributed by atoms with Crippen molar-refractivity contribution in [3.8, 4) is 17.1 Å². The molecule has 0 radical (unpaired) electrons. The van der Waals surface area contributed by atoms with Crippen molar-refractivity contribution in [1.82, 2.24) is 0 Å². The third-order valence-electron chi connectivity index (χ3n) is 5.32. The Bertz CT molecular complexity index is 1130. The van der Waals surface area contributed by atoms with Crippen molar-refractivity contribution >= 4 is 22.9 Å². The lowest BCUT2D eigenvalue weighted by Gasteiger charge is -2.30. The number of carboxylic acids is 1. The number of carboxylic acid groups (broad SMARTS) is 1. The molecule has 1 N–H and O–H groups in total. The highest BCUT2D eigenvalue weighted by Crippen LogP contribution is 2.35. The fourth-order valence-corrected chi connectivity index (χ4v) is 4.12. The fraction of sp³-hybridized carbons (Fsp3) is 0.346. The second-order valence-electron chi connectivity index (χ2n) is 8.17. The molecule has 8 heteroatoms. The van der Waals surface area contributed by atoms with Crippen LogP contribution in [0.2, 0.25) is 0 Å². The van der Waals surface area contributed by atoms with E-state index in [2.05, 4.69) is 0 Å². The lowest BCUT2D eigenvalue weighted by molar-refractivity contribution is -0.137. The number of para-hydroxylation sites is 1. The molecule has 2 aromatic carbocycles. The molecule has 2 atom stereocenters. The van der Waals surface area contributed by atoms with Crippen LogP contribution < -0.4 is 9.04 Å². The first kappa shape index (κ1) is 24.0. The average Bonchev–Trinajstić information content (AvgIpc) is 3.36. The highest BCUT2D eigenvalue weighted by atomic mass is 32.2. The molecular weight excluding hydrogens is 454 g/mol. The van der Waals surface area contributed by atoms with Gasteiger partial charge in [-0.05, 0) is 67.1 Å². The van der Waals surface area contributed by atoms with Crippen LogP contribution in [0.1, 0.15) is 57.9 Å². The van der Waals surface area contributed by atoms with Crippen LogP contribution in [0.5, 0.6) is 5.75 Å². The maximum Gasteiger partial charge on any atom is 0.303 e. The topological polar surface area (TPSA) is 103 Å². The van der Waals surface area contributed by atoms with Crippen LogP contribution in [0, 0.1) is 0 Å². The van der Waals surface area contributed by atoms with Gasteiger partial charge < -0.3 is 18.8 Å². The van der Waals surface area contributed by atoms with E-state index in [-0.39, 0.29) is 12.3 Å². The predicted octanol–water partition coefficient (Wildman–Crippen LogP) is 5.89. The summed E-state index contributed by atoms with van der Waals surface area (Å²) in [6.45, 7) is 3.02. The van der Waals surface area contributed by atoms with Gasteiger partial charge in [0.15, 0.2) is 0 Å². The van der Waals surface area contributed by atoms with Gasteiger partial charge in [-0.25, -0.2) is 0 Å². The third-order valence-corrected chi connectivity index (χ3v) is 5.94. The van der Waals surface area contributed by atoms with Crippen molar-refractivity contribution in [3.05, 3.63) is 72.0 Å². The van der Waals surface area contributed by atoms with Gasteiger partial charge >= 0.3 is 5.97 Å². The van der Waals surface area contributed by atoms with Gasteiger partial charge in [-0.1, -0.05) is 32.0 Å². The van der Waals surface area contributed by atoms with E-state index < -0.39 is 23.8 Å². The molecule has 7 nitrogen and oxygen atoms in total. The van der Waals surface area contributed by atoms with Crippen molar-refractivity contribution in [2.45, 2.75) is 52.0 Å². The Morgan fingerprint density at radius 1 is 1.18 bits per heavy atom. The summed E-state index contributed by atoms with van der Waals surface area (Å²) in [4.78, 5) is 10.6. The van der Waals surface area contributed by atoms with Crippen LogP contribution >= 0.6 is 0 Å². The highest BCUT2D eigenvalue weighted by molar-refractivity contribution is 7.80. The zero-order valence-corrected chi connectivity index (χ0v) is 20.1. The second kappa shape index (κ2) is 12.4. The van der Waals surface area contributed by atoms with Crippen molar-refractivity contribution in [1.29, 1.82) is 0 Å². The van der Waals surface area contributed by atoms with E-state index in [9.17, 15) is 13.6 Å². The first-order chi connectivity index (χ1) is 16.8. The number of hydrogen-bond donors (Lipinski definition) is 1. The van der Waals surface area contributed by atoms with E-state index in [1.165, 1.54) is 0 Å². The lowest BCUT2D eigenvalue weighted by Crippen LogP contribution is -2.26. The van der Waals surface area contributed by atoms with Crippen LogP contribution in [-0.2, 0) is 22.6 Å². The molecule has 3 aromatic rings. The van der Waals surface area contributed by atoms with Gasteiger partial charge in [0.1, 0.15) is 11.5 Å². The molecule has 2 unspecified atom stereocenters. The summed E-state index contributed by atoms with van der Waals surface area (Å²) < 4.78 is 46.1. The molecule has 0 amide bonds. The zero-order chi connectivity index (χ0) is 25.4. The third kappa shape index (κ3) is 6.95. The van der Waals surface area contributed by atoms with Gasteiger partial charge in [0, 0.05) is 28.8 Å². The minimum Gasteiger partial charge on any atom is -0.755 e. The van der Waals surface area contributed by atoms with E-state index >= 15 is 0 Å². The van der Waals surface area contributed by atoms with Crippen LogP contribution in [0.4, 0.5) is 5.69 Å². The molecule has 1 aromatic heterocycles. The minimum atomic E-state index is -2.72. The molecule has 0 aliphatic carbocycles. The van der Waals surface area contributed by atoms with Crippen LogP contribution in [-0.4, -0.2) is 26.4 Å². The summed E-state index contributed by atoms with van der Waals surface area (Å²) >= 11 is -2.72. The molecule has 182 valence electrons. The fourth-order valence-electron chi connectivity index (χ4n) is 3.59. The molecule has 0 saturated carbocycles. The van der Waals surface area contributed by atoms with Gasteiger partial charge in [0.25, 0.3) is 0 Å². The van der Waals surface area contributed by atoms with Gasteiger partial charge in [0.05, 0.1) is 26.4 Å². The summed E-state index contributed by atoms with van der Waals surface area (Å²) in [7, 11) is 0. The number of carbonyl (C=O) groups is 1. The molecule has 3 rings (SSSR count). The number of benzene rings is 2. The van der Waals surface area contributed by atoms with Crippen LogP contribution in [0.15, 0.2) is 65.3 Å². The Hall–Kier alpha value is -3.10. The quantitative estimate of drug-likeness (QED) is 0.239. The van der Waals surface area contributed by atoms with E-state index in [4.69, 9.17) is 15.6 Å². The number of anilines is 1. The van der Waals surface area contributed by atoms with Gasteiger partial charge in [0.2, 0.25) is 0 Å². The van der Waals surface area contributed by atoms with E-state index in [1.807, 2.05) is 26.0 Å². The standard InChI is InChI=1S/C26H31NO6S/c1-19(2)22-17-20(24-11-8-16-33-24)13-14-23(22)27(34(30)31)18-21-9-5-6-10-25(21)32-15-7-3-4-12-26(28)29/h5-6,8-11,13-14,16-17,19H,3-4,7,12,15,18H2,1-2H3,(H,28,29)(H,30,31)/p-1/i18D. The predicted molar refractivity (Wildman–Crippen MR) is 131 cm³/mol. The summed E-state index contributed by atoms with van der Waals surface area (Å²) in [5.41, 5.74) is 2.45. The number of nitrogens with zero attached hydrogens (tertiary/aromatic N) is 1. The maximum absolute atomic E-state index is 12.4. The number of unbranched alkanes of at least 4 members (excludes halogenated alkanes) is 2. The highest BCUT2D eigenvalue weighted by Gasteiger charge is 2.18. The molecule has 34 heavy (non-hydrogen) atoms. The molecule has 0 aliphatic rings. The lowest BCUT2D eigenvalue weighted by atomic mass is 9.97. The Balaban J connectivity index is 1.85. The smallest absolute Gasteiger partial charge is 0.303 e. The molecule has 0 fully saturated rings. The monoisotopic (exact) mass is 485 g/mol. The number of rotatable bonds is 13. The first-order valence-corrected chi connectivity index (χ1v) is 12.2. The Kier molecular flexibility index (Phi) is 8.76. The van der Waals surface area contributed by atoms with Crippen LogP contribution in [0.3, 0.4) is 0 Å². The van der Waals surface area contributed by atoms with E-state index in [0.29, 0.717) is 48.6 Å². The van der Waals surface area contributed by atoms with Crippen molar-refractivity contribution in [3.63, 3.8) is 0 Å². The maximum atomic E-state index is 12.4. The van der Waals surface area contributed by atoms with Gasteiger partial charge in [-0.3, -0.25) is 13.3 Å². The number of hydrogen-bond acceptors (Lipinski definition) is 5. The molecular formula is C26H30NO6S-. The largest absolute Gasteiger partial charge is 0.755 e. The van der Waals surface area contributed by atoms with E-state index in [1.54, 1.807) is 48.7 Å². The molecule has 0 spiro atoms. The van der Waals surface area contributed by atoms with Crippen molar-refractivity contribution in [2.75, 3.05) is 10.9 Å². The Morgan fingerprint density at radius 2 is 1.97 bits per heavy atom.